The van der Waals surface area contributed by atoms with E-state index < -0.39 is 23.0 Å². The van der Waals surface area contributed by atoms with Crippen molar-refractivity contribution in [3.05, 3.63) is 6.42 Å². The van der Waals surface area contributed by atoms with Crippen molar-refractivity contribution in [2.45, 2.75) is 52.9 Å². The minimum absolute atomic E-state index is 0.0827. The topological polar surface area (TPSA) is 71.4 Å². The van der Waals surface area contributed by atoms with E-state index in [1.807, 2.05) is 6.92 Å². The first-order chi connectivity index (χ1) is 7.81. The molecule has 0 heterocycles. The van der Waals surface area contributed by atoms with Gasteiger partial charge < -0.3 is 5.11 Å². The third kappa shape index (κ3) is 6.19. The Morgan fingerprint density at radius 2 is 1.76 bits per heavy atom. The van der Waals surface area contributed by atoms with Crippen LogP contribution in [-0.4, -0.2) is 22.6 Å². The lowest BCUT2D eigenvalue weighted by Crippen LogP contribution is -2.31. The molecule has 0 bridgehead atoms. The summed E-state index contributed by atoms with van der Waals surface area (Å²) >= 11 is 0. The van der Waals surface area contributed by atoms with Crippen LogP contribution in [0.4, 0.5) is 0 Å². The molecule has 0 aliphatic rings. The molecule has 0 saturated heterocycles. The lowest BCUT2D eigenvalue weighted by atomic mass is 9.80. The van der Waals surface area contributed by atoms with Crippen LogP contribution in [-0.2, 0) is 14.4 Å². The highest BCUT2D eigenvalue weighted by molar-refractivity contribution is 6.39. The van der Waals surface area contributed by atoms with E-state index in [2.05, 4.69) is 0 Å². The number of Topliss-reactive ketones (excluding diaryl/α,β-unsaturated/α-hetero) is 2. The summed E-state index contributed by atoms with van der Waals surface area (Å²) < 4.78 is 0. The van der Waals surface area contributed by atoms with Gasteiger partial charge >= 0.3 is 5.97 Å². The first kappa shape index (κ1) is 15.8. The summed E-state index contributed by atoms with van der Waals surface area (Å²) in [6.45, 7) is 5.56. The Morgan fingerprint density at radius 1 is 1.18 bits per heavy atom. The molecule has 0 aromatic carbocycles. The molecular weight excluding hydrogens is 220 g/mol. The molecule has 0 aliphatic carbocycles. The highest BCUT2D eigenvalue weighted by Gasteiger charge is 2.31. The van der Waals surface area contributed by atoms with E-state index in [1.165, 1.54) is 6.42 Å². The molecule has 0 spiro atoms. The zero-order chi connectivity index (χ0) is 13.5. The predicted octanol–water partition coefficient (Wildman–Crippen LogP) is 2.41. The van der Waals surface area contributed by atoms with Crippen LogP contribution >= 0.6 is 0 Å². The Kier molecular flexibility index (Phi) is 6.69. The van der Waals surface area contributed by atoms with Crippen molar-refractivity contribution in [2.75, 3.05) is 0 Å². The summed E-state index contributed by atoms with van der Waals surface area (Å²) in [5.74, 6) is -1.88. The lowest BCUT2D eigenvalue weighted by molar-refractivity contribution is -0.142. The van der Waals surface area contributed by atoms with Gasteiger partial charge in [-0.3, -0.25) is 14.4 Å². The van der Waals surface area contributed by atoms with Crippen LogP contribution in [0.15, 0.2) is 0 Å². The Morgan fingerprint density at radius 3 is 2.24 bits per heavy atom. The highest BCUT2D eigenvalue weighted by Crippen LogP contribution is 2.25. The molecule has 0 amide bonds. The van der Waals surface area contributed by atoms with E-state index in [9.17, 15) is 14.4 Å². The van der Waals surface area contributed by atoms with Crippen molar-refractivity contribution < 1.29 is 19.5 Å². The van der Waals surface area contributed by atoms with Crippen LogP contribution in [0.2, 0.25) is 0 Å². The molecule has 0 fully saturated rings. The fraction of sp³-hybridized carbons (Fsp3) is 0.692. The zero-order valence-corrected chi connectivity index (χ0v) is 10.8. The molecule has 0 atom stereocenters. The minimum atomic E-state index is -0.990. The fourth-order valence-corrected chi connectivity index (χ4v) is 1.53. The molecule has 1 radical (unpaired) electrons. The Balaban J connectivity index is 4.19. The van der Waals surface area contributed by atoms with Crippen LogP contribution in [0.5, 0.6) is 0 Å². The van der Waals surface area contributed by atoms with Gasteiger partial charge in [-0.05, 0) is 12.8 Å². The molecule has 0 rings (SSSR count). The van der Waals surface area contributed by atoms with Gasteiger partial charge in [-0.2, -0.15) is 0 Å². The number of hydrogen-bond acceptors (Lipinski definition) is 3. The van der Waals surface area contributed by atoms with E-state index in [0.717, 1.165) is 12.8 Å². The van der Waals surface area contributed by atoms with Crippen molar-refractivity contribution in [3.63, 3.8) is 0 Å². The van der Waals surface area contributed by atoms with Crippen LogP contribution in [0.25, 0.3) is 0 Å². The molecule has 0 aliphatic heterocycles. The zero-order valence-electron chi connectivity index (χ0n) is 10.8. The second-order valence-electron chi connectivity index (χ2n) is 4.83. The van der Waals surface area contributed by atoms with Gasteiger partial charge in [0.25, 0.3) is 0 Å². The number of ketones is 2. The number of carboxylic acid groups (broad SMARTS) is 1. The van der Waals surface area contributed by atoms with Crippen molar-refractivity contribution in [3.8, 4) is 0 Å². The molecule has 0 aromatic heterocycles. The molecule has 0 unspecified atom stereocenters. The molecule has 0 aromatic rings. The van der Waals surface area contributed by atoms with Crippen molar-refractivity contribution in [2.24, 2.45) is 5.41 Å². The number of carbonyl (C=O) groups is 3. The second kappa shape index (κ2) is 7.20. The molecule has 97 valence electrons. The van der Waals surface area contributed by atoms with E-state index in [0.29, 0.717) is 6.42 Å². The molecule has 4 heteroatoms. The van der Waals surface area contributed by atoms with Crippen LogP contribution in [0.3, 0.4) is 0 Å². The van der Waals surface area contributed by atoms with Gasteiger partial charge in [-0.25, -0.2) is 0 Å². The summed E-state index contributed by atoms with van der Waals surface area (Å²) in [6.07, 6.45) is 3.64. The monoisotopic (exact) mass is 241 g/mol. The van der Waals surface area contributed by atoms with Gasteiger partial charge in [0.15, 0.2) is 5.78 Å². The highest BCUT2D eigenvalue weighted by atomic mass is 16.4. The Labute approximate surface area is 102 Å². The Hall–Kier alpha value is -1.19. The molecule has 4 nitrogen and oxygen atoms in total. The van der Waals surface area contributed by atoms with E-state index >= 15 is 0 Å². The van der Waals surface area contributed by atoms with Crippen LogP contribution in [0.1, 0.15) is 52.9 Å². The number of carbonyl (C=O) groups excluding carboxylic acids is 2. The lowest BCUT2D eigenvalue weighted by Gasteiger charge is -2.21. The number of carboxylic acids is 1. The van der Waals surface area contributed by atoms with Crippen molar-refractivity contribution >= 4 is 17.5 Å². The summed E-state index contributed by atoms with van der Waals surface area (Å²) in [4.78, 5) is 33.7. The molecular formula is C13H21O4. The number of unbranched alkanes of at least 4 members (excludes halogenated alkanes) is 1. The van der Waals surface area contributed by atoms with Gasteiger partial charge in [0, 0.05) is 18.3 Å². The normalized spacial score (nSPS) is 11.2. The van der Waals surface area contributed by atoms with Crippen LogP contribution < -0.4 is 0 Å². The first-order valence-electron chi connectivity index (χ1n) is 5.92. The van der Waals surface area contributed by atoms with Gasteiger partial charge in [0.1, 0.15) is 0 Å². The van der Waals surface area contributed by atoms with Gasteiger partial charge in [-0.1, -0.05) is 33.6 Å². The largest absolute Gasteiger partial charge is 0.481 e. The van der Waals surface area contributed by atoms with Gasteiger partial charge in [0.05, 0.1) is 0 Å². The average Bonchev–Trinajstić information content (AvgIpc) is 2.24. The summed E-state index contributed by atoms with van der Waals surface area (Å²) in [5, 5.41) is 8.41. The number of aliphatic carboxylic acids is 1. The Bertz CT molecular complexity index is 292. The van der Waals surface area contributed by atoms with Crippen LogP contribution in [0, 0.1) is 11.8 Å². The third-order valence-electron chi connectivity index (χ3n) is 2.67. The van der Waals surface area contributed by atoms with Crippen molar-refractivity contribution in [1.29, 1.82) is 0 Å². The van der Waals surface area contributed by atoms with Crippen molar-refractivity contribution in [1.82, 2.24) is 0 Å². The minimum Gasteiger partial charge on any atom is -0.481 e. The van der Waals surface area contributed by atoms with E-state index in [1.54, 1.807) is 13.8 Å². The SMILES string of the molecule is CCCCC(C)(C)C(=O)C(=O)C[CH]CC(=O)O. The quantitative estimate of drug-likeness (QED) is 0.629. The molecule has 17 heavy (non-hydrogen) atoms. The maximum absolute atomic E-state index is 11.8. The maximum atomic E-state index is 11.8. The standard InChI is InChI=1S/C13H21O4/c1-4-5-9-13(2,3)12(17)10(14)7-6-8-11(15)16/h6H,4-5,7-9H2,1-3H3,(H,15,16). The number of hydrogen-bond donors (Lipinski definition) is 1. The van der Waals surface area contributed by atoms with E-state index in [4.69, 9.17) is 5.11 Å². The van der Waals surface area contributed by atoms with Gasteiger partial charge in [0.2, 0.25) is 5.78 Å². The van der Waals surface area contributed by atoms with E-state index in [-0.39, 0.29) is 12.8 Å². The second-order valence-corrected chi connectivity index (χ2v) is 4.83. The molecule has 0 saturated carbocycles. The maximum Gasteiger partial charge on any atom is 0.303 e. The van der Waals surface area contributed by atoms with Gasteiger partial charge in [-0.15, -0.1) is 0 Å². The number of rotatable bonds is 9. The summed E-state index contributed by atoms with van der Waals surface area (Å²) in [5.41, 5.74) is -0.635. The summed E-state index contributed by atoms with van der Waals surface area (Å²) in [7, 11) is 0. The molecule has 1 N–H and O–H groups in total. The smallest absolute Gasteiger partial charge is 0.303 e. The third-order valence-corrected chi connectivity index (χ3v) is 2.67. The summed E-state index contributed by atoms with van der Waals surface area (Å²) in [6, 6.07) is 0. The first-order valence-corrected chi connectivity index (χ1v) is 5.92. The fourth-order valence-electron chi connectivity index (χ4n) is 1.53. The average molecular weight is 241 g/mol. The predicted molar refractivity (Wildman–Crippen MR) is 64.5 cm³/mol.